The molecule has 0 saturated heterocycles. The Morgan fingerprint density at radius 3 is 2.74 bits per heavy atom. The first-order chi connectivity index (χ1) is 14.9. The Morgan fingerprint density at radius 1 is 1.26 bits per heavy atom. The number of nitrogens with zero attached hydrogens (tertiary/aromatic N) is 4. The zero-order chi connectivity index (χ0) is 22.1. The van der Waals surface area contributed by atoms with Gasteiger partial charge in [0.05, 0.1) is 11.1 Å². The number of rotatable bonds is 7. The number of carbonyl (C=O) groups is 1. The highest BCUT2D eigenvalue weighted by molar-refractivity contribution is 6.30. The van der Waals surface area contributed by atoms with E-state index in [4.69, 9.17) is 17.3 Å². The van der Waals surface area contributed by atoms with E-state index in [1.165, 1.54) is 22.7 Å². The summed E-state index contributed by atoms with van der Waals surface area (Å²) in [6.07, 6.45) is 0.427. The minimum absolute atomic E-state index is 0.126. The number of amides is 1. The quantitative estimate of drug-likeness (QED) is 0.446. The molecule has 0 aliphatic heterocycles. The molecule has 0 unspecified atom stereocenters. The molecule has 4 rings (SSSR count). The fourth-order valence-corrected chi connectivity index (χ4v) is 3.33. The first-order valence-electron chi connectivity index (χ1n) is 9.33. The van der Waals surface area contributed by atoms with Crippen LogP contribution in [0.5, 0.6) is 5.75 Å². The molecule has 3 N–H and O–H groups in total. The summed E-state index contributed by atoms with van der Waals surface area (Å²) in [5.74, 6) is -0.339. The van der Waals surface area contributed by atoms with Crippen molar-refractivity contribution in [3.8, 4) is 17.1 Å². The molecule has 8 nitrogen and oxygen atoms in total. The minimum Gasteiger partial charge on any atom is -0.434 e. The Balaban J connectivity index is 1.93. The van der Waals surface area contributed by atoms with Gasteiger partial charge in [-0.05, 0) is 36.8 Å². The van der Waals surface area contributed by atoms with Crippen LogP contribution in [-0.4, -0.2) is 38.1 Å². The number of aromatic nitrogens is 4. The first kappa shape index (κ1) is 20.7. The summed E-state index contributed by atoms with van der Waals surface area (Å²) in [5.41, 5.74) is 6.71. The van der Waals surface area contributed by atoms with E-state index in [9.17, 15) is 13.6 Å². The van der Waals surface area contributed by atoms with Crippen LogP contribution in [0.4, 0.5) is 14.7 Å². The number of benzene rings is 2. The molecule has 2 aromatic heterocycles. The standard InChI is InChI=1S/C20H17ClF2N6O2/c1-2-13(16(24)30)25-20-26-14-6-4-3-5-11(14)18-27-17(28-29(18)20)12-8-7-10(21)9-15(12)31-19(22)23/h3-9,13,19H,2H2,1H3,(H2,24,30)(H,25,26)/t13-/m0/s1. The molecule has 0 saturated carbocycles. The lowest BCUT2D eigenvalue weighted by molar-refractivity contribution is -0.118. The molecular formula is C20H17ClF2N6O2. The highest BCUT2D eigenvalue weighted by Gasteiger charge is 2.21. The molecule has 1 atom stereocenters. The maximum atomic E-state index is 12.9. The number of fused-ring (bicyclic) bond motifs is 3. The van der Waals surface area contributed by atoms with E-state index in [1.54, 1.807) is 13.0 Å². The normalized spacial score (nSPS) is 12.4. The fraction of sp³-hybridized carbons (Fsp3) is 0.200. The number of nitrogens with two attached hydrogens (primary N) is 1. The molecule has 2 aromatic carbocycles. The van der Waals surface area contributed by atoms with Crippen LogP contribution in [0.25, 0.3) is 27.9 Å². The predicted octanol–water partition coefficient (Wildman–Crippen LogP) is 3.88. The molecule has 0 spiro atoms. The van der Waals surface area contributed by atoms with Gasteiger partial charge < -0.3 is 15.8 Å². The van der Waals surface area contributed by atoms with Gasteiger partial charge in [0.1, 0.15) is 11.8 Å². The van der Waals surface area contributed by atoms with Crippen LogP contribution < -0.4 is 15.8 Å². The Kier molecular flexibility index (Phi) is 5.55. The van der Waals surface area contributed by atoms with Gasteiger partial charge in [-0.15, -0.1) is 5.10 Å². The predicted molar refractivity (Wildman–Crippen MR) is 112 cm³/mol. The highest BCUT2D eigenvalue weighted by Crippen LogP contribution is 2.33. The second-order valence-corrected chi connectivity index (χ2v) is 7.09. The SMILES string of the molecule is CC[C@H](Nc1nc2ccccc2c2nc(-c3ccc(Cl)cc3OC(F)F)nn12)C(N)=O. The largest absolute Gasteiger partial charge is 0.434 e. The number of para-hydroxylation sites is 1. The van der Waals surface area contributed by atoms with Gasteiger partial charge in [-0.3, -0.25) is 4.79 Å². The third-order valence-corrected chi connectivity index (χ3v) is 4.87. The average molecular weight is 447 g/mol. The van der Waals surface area contributed by atoms with E-state index < -0.39 is 18.6 Å². The summed E-state index contributed by atoms with van der Waals surface area (Å²) in [4.78, 5) is 20.8. The number of anilines is 1. The van der Waals surface area contributed by atoms with Gasteiger partial charge in [-0.25, -0.2) is 9.97 Å². The Labute approximate surface area is 180 Å². The zero-order valence-electron chi connectivity index (χ0n) is 16.2. The van der Waals surface area contributed by atoms with E-state index in [-0.39, 0.29) is 28.1 Å². The van der Waals surface area contributed by atoms with Gasteiger partial charge >= 0.3 is 6.61 Å². The number of ether oxygens (including phenoxy) is 1. The topological polar surface area (TPSA) is 107 Å². The molecule has 160 valence electrons. The van der Waals surface area contributed by atoms with Gasteiger partial charge in [-0.2, -0.15) is 13.3 Å². The zero-order valence-corrected chi connectivity index (χ0v) is 17.0. The number of nitrogens with one attached hydrogen (secondary N) is 1. The van der Waals surface area contributed by atoms with Crippen molar-refractivity contribution in [1.82, 2.24) is 19.6 Å². The van der Waals surface area contributed by atoms with Crippen molar-refractivity contribution in [2.75, 3.05) is 5.32 Å². The summed E-state index contributed by atoms with van der Waals surface area (Å²) in [6.45, 7) is -1.25. The van der Waals surface area contributed by atoms with Gasteiger partial charge in [0.2, 0.25) is 11.9 Å². The van der Waals surface area contributed by atoms with Crippen LogP contribution >= 0.6 is 11.6 Å². The van der Waals surface area contributed by atoms with Crippen LogP contribution in [0.1, 0.15) is 13.3 Å². The number of alkyl halides is 2. The fourth-order valence-electron chi connectivity index (χ4n) is 3.17. The van der Waals surface area contributed by atoms with Crippen LogP contribution in [0.3, 0.4) is 0 Å². The van der Waals surface area contributed by atoms with Crippen molar-refractivity contribution in [2.45, 2.75) is 26.0 Å². The van der Waals surface area contributed by atoms with Crippen molar-refractivity contribution in [3.63, 3.8) is 0 Å². The summed E-state index contributed by atoms with van der Waals surface area (Å²) in [6, 6.07) is 10.8. The molecule has 0 aliphatic rings. The second-order valence-electron chi connectivity index (χ2n) is 6.65. The van der Waals surface area contributed by atoms with E-state index >= 15 is 0 Å². The molecule has 0 radical (unpaired) electrons. The van der Waals surface area contributed by atoms with Crippen LogP contribution in [0.2, 0.25) is 5.02 Å². The van der Waals surface area contributed by atoms with Crippen LogP contribution in [-0.2, 0) is 4.79 Å². The summed E-state index contributed by atoms with van der Waals surface area (Å²) in [7, 11) is 0. The number of primary amides is 1. The van der Waals surface area contributed by atoms with Crippen LogP contribution in [0, 0.1) is 0 Å². The highest BCUT2D eigenvalue weighted by atomic mass is 35.5. The van der Waals surface area contributed by atoms with Gasteiger partial charge in [0, 0.05) is 10.4 Å². The monoisotopic (exact) mass is 446 g/mol. The van der Waals surface area contributed by atoms with Crippen molar-refractivity contribution >= 4 is 40.0 Å². The molecule has 1 amide bonds. The van der Waals surface area contributed by atoms with E-state index in [2.05, 4.69) is 25.1 Å². The average Bonchev–Trinajstić information content (AvgIpc) is 3.17. The first-order valence-corrected chi connectivity index (χ1v) is 9.71. The Bertz CT molecular complexity index is 1280. The maximum Gasteiger partial charge on any atom is 0.387 e. The number of hydrogen-bond donors (Lipinski definition) is 2. The van der Waals surface area contributed by atoms with E-state index in [0.717, 1.165) is 0 Å². The van der Waals surface area contributed by atoms with E-state index in [1.807, 2.05) is 18.2 Å². The van der Waals surface area contributed by atoms with Crippen molar-refractivity contribution in [2.24, 2.45) is 5.73 Å². The number of halogens is 3. The number of hydrogen-bond acceptors (Lipinski definition) is 6. The molecule has 0 aliphatic carbocycles. The lowest BCUT2D eigenvalue weighted by atomic mass is 10.2. The second kappa shape index (κ2) is 8.31. The molecule has 0 fully saturated rings. The van der Waals surface area contributed by atoms with Crippen molar-refractivity contribution in [1.29, 1.82) is 0 Å². The molecule has 31 heavy (non-hydrogen) atoms. The minimum atomic E-state index is -3.05. The van der Waals surface area contributed by atoms with E-state index in [0.29, 0.717) is 23.0 Å². The lowest BCUT2D eigenvalue weighted by Crippen LogP contribution is -2.35. The van der Waals surface area contributed by atoms with Gasteiger partial charge in [0.15, 0.2) is 11.5 Å². The maximum absolute atomic E-state index is 12.9. The third kappa shape index (κ3) is 4.06. The lowest BCUT2D eigenvalue weighted by Gasteiger charge is -2.15. The summed E-state index contributed by atoms with van der Waals surface area (Å²) < 4.78 is 31.8. The van der Waals surface area contributed by atoms with Gasteiger partial charge in [-0.1, -0.05) is 30.7 Å². The van der Waals surface area contributed by atoms with Gasteiger partial charge in [0.25, 0.3) is 0 Å². The molecule has 4 aromatic rings. The number of carbonyl (C=O) groups excluding carboxylic acids is 1. The van der Waals surface area contributed by atoms with Crippen LogP contribution in [0.15, 0.2) is 42.5 Å². The van der Waals surface area contributed by atoms with Crippen molar-refractivity contribution in [3.05, 3.63) is 47.5 Å². The summed E-state index contributed by atoms with van der Waals surface area (Å²) >= 11 is 5.94. The Morgan fingerprint density at radius 2 is 2.03 bits per heavy atom. The third-order valence-electron chi connectivity index (χ3n) is 4.63. The molecule has 0 bridgehead atoms. The Hall–Kier alpha value is -3.53. The van der Waals surface area contributed by atoms with Crippen molar-refractivity contribution < 1.29 is 18.3 Å². The molecular weight excluding hydrogens is 430 g/mol. The molecule has 11 heteroatoms. The summed E-state index contributed by atoms with van der Waals surface area (Å²) in [5, 5.41) is 8.34. The smallest absolute Gasteiger partial charge is 0.387 e. The molecule has 2 heterocycles.